The van der Waals surface area contributed by atoms with Crippen molar-refractivity contribution in [3.63, 3.8) is 0 Å². The average molecular weight is 518 g/mol. The lowest BCUT2D eigenvalue weighted by atomic mass is 9.60. The van der Waals surface area contributed by atoms with Gasteiger partial charge in [-0.1, -0.05) is 19.9 Å². The third-order valence-corrected chi connectivity index (χ3v) is 7.25. The maximum absolute atomic E-state index is 11.6. The van der Waals surface area contributed by atoms with Gasteiger partial charge < -0.3 is 33.8 Å². The zero-order valence-corrected chi connectivity index (χ0v) is 23.9. The van der Waals surface area contributed by atoms with Gasteiger partial charge in [-0.2, -0.15) is 0 Å². The van der Waals surface area contributed by atoms with Crippen molar-refractivity contribution in [3.05, 3.63) is 47.1 Å². The van der Waals surface area contributed by atoms with Crippen molar-refractivity contribution in [1.82, 2.24) is 5.32 Å². The molecule has 1 aromatic rings. The lowest BCUT2D eigenvalue weighted by Gasteiger charge is -2.46. The van der Waals surface area contributed by atoms with Crippen LogP contribution in [0, 0.1) is 17.3 Å². The molecular formula is C30H47NO6. The largest absolute Gasteiger partial charge is 0.496 e. The number of ether oxygens (including phenoxy) is 5. The minimum absolute atomic E-state index is 0.0204. The maximum atomic E-state index is 11.6. The van der Waals surface area contributed by atoms with Crippen LogP contribution in [0.15, 0.2) is 41.6 Å². The fourth-order valence-electron chi connectivity index (χ4n) is 5.49. The SMILES string of the molecule is CCOc1ccc(CCCNCCCC2(C(C)C)C(OC)=C(OC)C(OC)=CC2CC=O)cc1OCC. The molecule has 7 nitrogen and oxygen atoms in total. The van der Waals surface area contributed by atoms with E-state index in [4.69, 9.17) is 23.7 Å². The number of aryl methyl sites for hydroxylation is 1. The van der Waals surface area contributed by atoms with Gasteiger partial charge in [-0.05, 0) is 82.3 Å². The summed E-state index contributed by atoms with van der Waals surface area (Å²) in [6.07, 6.45) is 7.26. The molecule has 0 fully saturated rings. The van der Waals surface area contributed by atoms with Gasteiger partial charge in [-0.3, -0.25) is 0 Å². The Morgan fingerprint density at radius 3 is 2.27 bits per heavy atom. The topological polar surface area (TPSA) is 75.3 Å². The van der Waals surface area contributed by atoms with Gasteiger partial charge in [0.25, 0.3) is 0 Å². The maximum Gasteiger partial charge on any atom is 0.199 e. The second kappa shape index (κ2) is 15.6. The molecule has 2 rings (SSSR count). The van der Waals surface area contributed by atoms with Crippen LogP contribution in [-0.2, 0) is 25.4 Å². The van der Waals surface area contributed by atoms with Crippen LogP contribution >= 0.6 is 0 Å². The van der Waals surface area contributed by atoms with Gasteiger partial charge in [0.15, 0.2) is 23.0 Å². The first-order valence-electron chi connectivity index (χ1n) is 13.5. The van der Waals surface area contributed by atoms with Crippen LogP contribution < -0.4 is 14.8 Å². The van der Waals surface area contributed by atoms with Gasteiger partial charge in [-0.15, -0.1) is 0 Å². The first kappa shape index (κ1) is 30.6. The summed E-state index contributed by atoms with van der Waals surface area (Å²) >= 11 is 0. The van der Waals surface area contributed by atoms with Crippen molar-refractivity contribution in [2.24, 2.45) is 17.3 Å². The molecule has 1 aliphatic rings. The van der Waals surface area contributed by atoms with Crippen LogP contribution in [-0.4, -0.2) is 53.9 Å². The van der Waals surface area contributed by atoms with Gasteiger partial charge in [0.2, 0.25) is 0 Å². The molecule has 2 atom stereocenters. The Balaban J connectivity index is 1.98. The van der Waals surface area contributed by atoms with Crippen molar-refractivity contribution in [3.8, 4) is 11.5 Å². The summed E-state index contributed by atoms with van der Waals surface area (Å²) in [5.41, 5.74) is 0.900. The minimum Gasteiger partial charge on any atom is -0.496 e. The predicted molar refractivity (Wildman–Crippen MR) is 147 cm³/mol. The smallest absolute Gasteiger partial charge is 0.199 e. The van der Waals surface area contributed by atoms with Crippen molar-refractivity contribution in [2.75, 3.05) is 47.6 Å². The van der Waals surface area contributed by atoms with Gasteiger partial charge >= 0.3 is 0 Å². The van der Waals surface area contributed by atoms with Crippen molar-refractivity contribution >= 4 is 6.29 Å². The third kappa shape index (κ3) is 7.44. The number of methoxy groups -OCH3 is 3. The fourth-order valence-corrected chi connectivity index (χ4v) is 5.49. The minimum atomic E-state index is -0.345. The second-order valence-electron chi connectivity index (χ2n) is 9.61. The summed E-state index contributed by atoms with van der Waals surface area (Å²) in [5.74, 6) is 3.86. The Labute approximate surface area is 223 Å². The van der Waals surface area contributed by atoms with Crippen LogP contribution in [0.5, 0.6) is 11.5 Å². The van der Waals surface area contributed by atoms with Crippen LogP contribution in [0.3, 0.4) is 0 Å². The molecule has 0 radical (unpaired) electrons. The Bertz CT molecular complexity index is 909. The lowest BCUT2D eigenvalue weighted by Crippen LogP contribution is -2.42. The summed E-state index contributed by atoms with van der Waals surface area (Å²) in [6, 6.07) is 6.20. The zero-order chi connectivity index (χ0) is 27.3. The molecule has 0 saturated carbocycles. The molecule has 2 unspecified atom stereocenters. The monoisotopic (exact) mass is 517 g/mol. The van der Waals surface area contributed by atoms with E-state index in [1.807, 2.05) is 26.0 Å². The number of rotatable bonds is 18. The molecular weight excluding hydrogens is 470 g/mol. The average Bonchev–Trinajstić information content (AvgIpc) is 2.89. The molecule has 0 amide bonds. The van der Waals surface area contributed by atoms with E-state index in [1.54, 1.807) is 21.3 Å². The summed E-state index contributed by atoms with van der Waals surface area (Å²) in [7, 11) is 4.93. The second-order valence-corrected chi connectivity index (χ2v) is 9.61. The number of hydrogen-bond donors (Lipinski definition) is 1. The van der Waals surface area contributed by atoms with E-state index in [2.05, 4.69) is 31.3 Å². The first-order valence-corrected chi connectivity index (χ1v) is 13.5. The number of carbonyl (C=O) groups excluding carboxylic acids is 1. The summed E-state index contributed by atoms with van der Waals surface area (Å²) in [4.78, 5) is 11.6. The lowest BCUT2D eigenvalue weighted by molar-refractivity contribution is -0.109. The summed E-state index contributed by atoms with van der Waals surface area (Å²) in [5, 5.41) is 3.59. The van der Waals surface area contributed by atoms with E-state index in [0.717, 1.165) is 62.3 Å². The summed E-state index contributed by atoms with van der Waals surface area (Å²) < 4.78 is 28.7. The fraction of sp³-hybridized carbons (Fsp3) is 0.633. The Morgan fingerprint density at radius 2 is 1.68 bits per heavy atom. The Kier molecular flexibility index (Phi) is 12.8. The molecule has 0 bridgehead atoms. The van der Waals surface area contributed by atoms with Crippen molar-refractivity contribution in [1.29, 1.82) is 0 Å². The number of nitrogens with one attached hydrogen (secondary N) is 1. The molecule has 0 spiro atoms. The van der Waals surface area contributed by atoms with E-state index in [-0.39, 0.29) is 17.3 Å². The highest BCUT2D eigenvalue weighted by Crippen LogP contribution is 2.53. The standard InChI is InChI=1S/C30H47NO6/c1-8-36-25-14-13-23(20-26(25)37-9-2)12-10-17-31-18-11-16-30(22(3)4)24(15-19-32)21-27(33-5)28(34-6)29(30)35-7/h13-14,19-22,24,31H,8-12,15-18H2,1-7H3. The predicted octanol–water partition coefficient (Wildman–Crippen LogP) is 5.68. The van der Waals surface area contributed by atoms with Gasteiger partial charge in [0.05, 0.1) is 34.5 Å². The van der Waals surface area contributed by atoms with E-state index < -0.39 is 0 Å². The van der Waals surface area contributed by atoms with Crippen molar-refractivity contribution < 1.29 is 28.5 Å². The molecule has 37 heavy (non-hydrogen) atoms. The Hall–Kier alpha value is -2.67. The molecule has 0 aromatic heterocycles. The molecule has 7 heteroatoms. The number of aldehydes is 1. The molecule has 0 heterocycles. The van der Waals surface area contributed by atoms with Gasteiger partial charge in [-0.25, -0.2) is 0 Å². The van der Waals surface area contributed by atoms with Crippen molar-refractivity contribution in [2.45, 2.75) is 59.8 Å². The number of carbonyl (C=O) groups is 1. The molecule has 1 N–H and O–H groups in total. The molecule has 1 aromatic carbocycles. The van der Waals surface area contributed by atoms with Crippen LogP contribution in [0.4, 0.5) is 0 Å². The molecule has 0 aliphatic heterocycles. The number of allylic oxidation sites excluding steroid dienone is 2. The van der Waals surface area contributed by atoms with E-state index in [9.17, 15) is 4.79 Å². The molecule has 208 valence electrons. The quantitative estimate of drug-likeness (QED) is 0.198. The third-order valence-electron chi connectivity index (χ3n) is 7.25. The van der Waals surface area contributed by atoms with E-state index in [1.165, 1.54) is 5.56 Å². The molecule has 0 saturated heterocycles. The van der Waals surface area contributed by atoms with Gasteiger partial charge in [0, 0.05) is 17.8 Å². The zero-order valence-electron chi connectivity index (χ0n) is 23.9. The van der Waals surface area contributed by atoms with Crippen LogP contribution in [0.25, 0.3) is 0 Å². The van der Waals surface area contributed by atoms with E-state index in [0.29, 0.717) is 31.2 Å². The molecule has 1 aliphatic carbocycles. The normalized spacial score (nSPS) is 19.5. The highest BCUT2D eigenvalue weighted by molar-refractivity contribution is 5.52. The number of hydrogen-bond acceptors (Lipinski definition) is 7. The van der Waals surface area contributed by atoms with Crippen LogP contribution in [0.2, 0.25) is 0 Å². The summed E-state index contributed by atoms with van der Waals surface area (Å²) in [6.45, 7) is 11.4. The van der Waals surface area contributed by atoms with Crippen LogP contribution in [0.1, 0.15) is 58.9 Å². The number of benzene rings is 1. The first-order chi connectivity index (χ1) is 17.9. The van der Waals surface area contributed by atoms with Gasteiger partial charge in [0.1, 0.15) is 12.0 Å². The highest BCUT2D eigenvalue weighted by atomic mass is 16.5. The highest BCUT2D eigenvalue weighted by Gasteiger charge is 2.49. The Morgan fingerprint density at radius 1 is 0.973 bits per heavy atom. The van der Waals surface area contributed by atoms with E-state index >= 15 is 0 Å².